The molecule has 1 amide bonds. The number of nitrogens with one attached hydrogen (secondary N) is 1. The first-order valence-corrected chi connectivity index (χ1v) is 10.8. The van der Waals surface area contributed by atoms with E-state index in [2.05, 4.69) is 9.97 Å². The molecule has 0 unspecified atom stereocenters. The van der Waals surface area contributed by atoms with E-state index >= 15 is 0 Å². The molecule has 172 valence electrons. The van der Waals surface area contributed by atoms with E-state index in [0.717, 1.165) is 24.5 Å². The van der Waals surface area contributed by atoms with Crippen LogP contribution in [-0.2, 0) is 10.0 Å². The Morgan fingerprint density at radius 2 is 1.91 bits per heavy atom. The zero-order valence-electron chi connectivity index (χ0n) is 16.8. The van der Waals surface area contributed by atoms with Gasteiger partial charge in [0.15, 0.2) is 0 Å². The second kappa shape index (κ2) is 7.78. The molecule has 0 aromatic carbocycles. The highest BCUT2D eigenvalue weighted by Crippen LogP contribution is 2.36. The van der Waals surface area contributed by atoms with Gasteiger partial charge in [0.2, 0.25) is 10.0 Å². The van der Waals surface area contributed by atoms with Crippen LogP contribution in [0.2, 0.25) is 0 Å². The molecule has 1 atom stereocenters. The molecule has 4 rings (SSSR count). The summed E-state index contributed by atoms with van der Waals surface area (Å²) in [5, 5.41) is 0.123. The number of alkyl halides is 3. The van der Waals surface area contributed by atoms with E-state index in [-0.39, 0.29) is 28.0 Å². The molecule has 0 saturated carbocycles. The minimum atomic E-state index is -4.77. The fourth-order valence-electron chi connectivity index (χ4n) is 3.26. The Kier molecular flexibility index (Phi) is 5.33. The molecule has 3 aromatic rings. The smallest absolute Gasteiger partial charge is 0.366 e. The highest BCUT2D eigenvalue weighted by Gasteiger charge is 2.39. The highest BCUT2D eigenvalue weighted by atomic mass is 32.2. The lowest BCUT2D eigenvalue weighted by molar-refractivity contribution is -0.147. The number of allylic oxidation sites excluding steroid dienone is 4. The van der Waals surface area contributed by atoms with Crippen LogP contribution in [0.25, 0.3) is 28.1 Å². The number of halogens is 4. The molecule has 33 heavy (non-hydrogen) atoms. The Hall–Kier alpha value is -3.58. The molecule has 3 aromatic heterocycles. The number of carbonyl (C=O) groups excluding carboxylic acids is 1. The Morgan fingerprint density at radius 1 is 1.21 bits per heavy atom. The van der Waals surface area contributed by atoms with Gasteiger partial charge in [0.05, 0.1) is 23.1 Å². The Labute approximate surface area is 184 Å². The SMILES string of the molecule is C[C@H](NS(=O)(=O)c1ccc(-c2c(C(N)=O)c3cc(F)cnc3n2C2=CC=C2)nc1)C(F)(F)F. The van der Waals surface area contributed by atoms with Gasteiger partial charge in [-0.3, -0.25) is 14.3 Å². The summed E-state index contributed by atoms with van der Waals surface area (Å²) in [4.78, 5) is 19.9. The first kappa shape index (κ1) is 22.6. The van der Waals surface area contributed by atoms with Crippen LogP contribution in [0.1, 0.15) is 17.3 Å². The van der Waals surface area contributed by atoms with Gasteiger partial charge in [0.1, 0.15) is 22.4 Å². The average Bonchev–Trinajstić information content (AvgIpc) is 3.00. The number of rotatable bonds is 6. The van der Waals surface area contributed by atoms with E-state index in [1.54, 1.807) is 18.2 Å². The number of carbonyl (C=O) groups is 1. The summed E-state index contributed by atoms with van der Waals surface area (Å²) >= 11 is 0. The molecule has 0 aliphatic heterocycles. The summed E-state index contributed by atoms with van der Waals surface area (Å²) in [6, 6.07) is 1.03. The predicted molar refractivity (Wildman–Crippen MR) is 111 cm³/mol. The van der Waals surface area contributed by atoms with E-state index in [1.807, 2.05) is 0 Å². The number of amides is 1. The number of sulfonamides is 1. The molecule has 0 radical (unpaired) electrons. The maximum Gasteiger partial charge on any atom is 0.404 e. The molecule has 0 bridgehead atoms. The maximum absolute atomic E-state index is 13.9. The van der Waals surface area contributed by atoms with Gasteiger partial charge in [-0.1, -0.05) is 6.08 Å². The molecule has 0 spiro atoms. The summed E-state index contributed by atoms with van der Waals surface area (Å²) in [5.41, 5.74) is 6.47. The maximum atomic E-state index is 13.9. The number of hydrogen-bond donors (Lipinski definition) is 2. The molecule has 0 fully saturated rings. The summed E-state index contributed by atoms with van der Waals surface area (Å²) < 4.78 is 79.8. The number of nitrogens with two attached hydrogens (primary N) is 1. The van der Waals surface area contributed by atoms with E-state index in [9.17, 15) is 30.8 Å². The molecule has 3 heterocycles. The van der Waals surface area contributed by atoms with Crippen LogP contribution in [0.5, 0.6) is 0 Å². The van der Waals surface area contributed by atoms with Crippen molar-refractivity contribution in [3.8, 4) is 11.4 Å². The van der Waals surface area contributed by atoms with Crippen molar-refractivity contribution in [3.05, 3.63) is 60.2 Å². The van der Waals surface area contributed by atoms with Crippen LogP contribution in [0.15, 0.2) is 53.7 Å². The summed E-state index contributed by atoms with van der Waals surface area (Å²) in [5.74, 6) is -1.60. The monoisotopic (exact) mass is 481 g/mol. The highest BCUT2D eigenvalue weighted by molar-refractivity contribution is 7.89. The largest absolute Gasteiger partial charge is 0.404 e. The molecule has 0 saturated heterocycles. The number of nitrogens with zero attached hydrogens (tertiary/aromatic N) is 3. The van der Waals surface area contributed by atoms with Gasteiger partial charge < -0.3 is 5.73 Å². The number of hydrogen-bond acceptors (Lipinski definition) is 5. The third-order valence-corrected chi connectivity index (χ3v) is 6.45. The van der Waals surface area contributed by atoms with Gasteiger partial charge in [-0.05, 0) is 37.3 Å². The summed E-state index contributed by atoms with van der Waals surface area (Å²) in [6.07, 6.45) is 2.15. The normalized spacial score (nSPS) is 14.8. The van der Waals surface area contributed by atoms with E-state index in [4.69, 9.17) is 5.73 Å². The van der Waals surface area contributed by atoms with E-state index < -0.39 is 38.9 Å². The third kappa shape index (κ3) is 4.00. The number of aromatic nitrogens is 3. The molecular formula is C20H15F4N5O3S. The third-order valence-electron chi connectivity index (χ3n) is 4.93. The van der Waals surface area contributed by atoms with Crippen molar-refractivity contribution in [1.29, 1.82) is 0 Å². The number of fused-ring (bicyclic) bond motifs is 1. The quantitative estimate of drug-likeness (QED) is 0.525. The number of pyridine rings is 2. The van der Waals surface area contributed by atoms with Gasteiger partial charge in [0, 0.05) is 17.3 Å². The van der Waals surface area contributed by atoms with Gasteiger partial charge >= 0.3 is 6.18 Å². The lowest BCUT2D eigenvalue weighted by atomic mass is 10.1. The molecule has 1 aliphatic carbocycles. The summed E-state index contributed by atoms with van der Waals surface area (Å²) in [7, 11) is -4.53. The van der Waals surface area contributed by atoms with Gasteiger partial charge in [0.25, 0.3) is 5.91 Å². The van der Waals surface area contributed by atoms with Crippen molar-refractivity contribution in [2.75, 3.05) is 0 Å². The van der Waals surface area contributed by atoms with E-state index in [1.165, 1.54) is 15.4 Å². The average molecular weight is 481 g/mol. The summed E-state index contributed by atoms with van der Waals surface area (Å²) in [6.45, 7) is 0.670. The zero-order chi connectivity index (χ0) is 24.1. The second-order valence-corrected chi connectivity index (χ2v) is 8.88. The van der Waals surface area contributed by atoms with Gasteiger partial charge in [-0.15, -0.1) is 0 Å². The van der Waals surface area contributed by atoms with Crippen molar-refractivity contribution in [3.63, 3.8) is 0 Å². The lowest BCUT2D eigenvalue weighted by Crippen LogP contribution is -2.42. The first-order chi connectivity index (χ1) is 15.4. The Bertz CT molecular complexity index is 1440. The van der Waals surface area contributed by atoms with Crippen molar-refractivity contribution in [2.24, 2.45) is 5.73 Å². The molecular weight excluding hydrogens is 466 g/mol. The Morgan fingerprint density at radius 3 is 2.42 bits per heavy atom. The van der Waals surface area contributed by atoms with Crippen LogP contribution in [0.4, 0.5) is 17.6 Å². The van der Waals surface area contributed by atoms with Crippen molar-refractivity contribution in [1.82, 2.24) is 19.3 Å². The van der Waals surface area contributed by atoms with Crippen LogP contribution in [0, 0.1) is 5.82 Å². The van der Waals surface area contributed by atoms with Crippen LogP contribution >= 0.6 is 0 Å². The Balaban J connectivity index is 1.85. The first-order valence-electron chi connectivity index (χ1n) is 9.34. The van der Waals surface area contributed by atoms with Crippen molar-refractivity contribution in [2.45, 2.75) is 24.0 Å². The van der Waals surface area contributed by atoms with Crippen LogP contribution < -0.4 is 10.5 Å². The van der Waals surface area contributed by atoms with Crippen LogP contribution in [-0.4, -0.2) is 41.1 Å². The topological polar surface area (TPSA) is 120 Å². The van der Waals surface area contributed by atoms with Crippen molar-refractivity contribution >= 4 is 32.7 Å². The fourth-order valence-corrected chi connectivity index (χ4v) is 4.44. The minimum absolute atomic E-state index is 0.0752. The standard InChI is InChI=1S/C20H15F4N5O3S/c1-10(20(22,23)24)28-33(31,32)13-5-6-15(26-9-13)17-16(18(25)30)14-7-11(21)8-27-19(14)29(17)12-3-2-4-12/h2-10,28H,1H3,(H2,25,30)/t10-/m0/s1. The predicted octanol–water partition coefficient (Wildman–Crippen LogP) is 2.98. The molecule has 8 nitrogen and oxygen atoms in total. The lowest BCUT2D eigenvalue weighted by Gasteiger charge is -2.17. The number of primary amides is 1. The van der Waals surface area contributed by atoms with Crippen molar-refractivity contribution < 1.29 is 30.8 Å². The fraction of sp³-hybridized carbons (Fsp3) is 0.150. The van der Waals surface area contributed by atoms with E-state index in [0.29, 0.717) is 12.6 Å². The molecule has 3 N–H and O–H groups in total. The molecule has 13 heteroatoms. The van der Waals surface area contributed by atoms with Gasteiger partial charge in [-0.2, -0.15) is 17.9 Å². The van der Waals surface area contributed by atoms with Crippen LogP contribution in [0.3, 0.4) is 0 Å². The second-order valence-electron chi connectivity index (χ2n) is 7.16. The molecule has 1 aliphatic rings. The minimum Gasteiger partial charge on any atom is -0.366 e. The van der Waals surface area contributed by atoms with Gasteiger partial charge in [-0.25, -0.2) is 17.8 Å². The zero-order valence-corrected chi connectivity index (χ0v) is 17.6.